The van der Waals surface area contributed by atoms with E-state index in [1.165, 1.54) is 6.42 Å². The third-order valence-electron chi connectivity index (χ3n) is 2.66. The largest absolute Gasteiger partial charge is 0.342 e. The Bertz CT molecular complexity index is 241. The average molecular weight is 209 g/mol. The molecular weight excluding hydrogens is 190 g/mol. The molecule has 0 aromatic carbocycles. The van der Waals surface area contributed by atoms with E-state index in [4.69, 9.17) is 5.26 Å². The van der Waals surface area contributed by atoms with Gasteiger partial charge in [0.25, 0.3) is 0 Å². The van der Waals surface area contributed by atoms with Gasteiger partial charge in [0.05, 0.1) is 18.5 Å². The van der Waals surface area contributed by atoms with E-state index in [1.807, 2.05) is 11.8 Å². The normalized spacial score (nSPS) is 18.3. The summed E-state index contributed by atoms with van der Waals surface area (Å²) in [5, 5.41) is 11.6. The molecule has 1 amide bonds. The highest BCUT2D eigenvalue weighted by Crippen LogP contribution is 2.08. The first kappa shape index (κ1) is 12.0. The molecule has 0 radical (unpaired) electrons. The van der Waals surface area contributed by atoms with Crippen molar-refractivity contribution >= 4 is 5.91 Å². The molecule has 0 spiro atoms. The van der Waals surface area contributed by atoms with E-state index in [-0.39, 0.29) is 11.8 Å². The molecule has 4 heteroatoms. The van der Waals surface area contributed by atoms with Crippen LogP contribution in [0.25, 0.3) is 0 Å². The zero-order chi connectivity index (χ0) is 11.1. The summed E-state index contributed by atoms with van der Waals surface area (Å²) in [6, 6.07) is 2.13. The van der Waals surface area contributed by atoms with E-state index < -0.39 is 0 Å². The summed E-state index contributed by atoms with van der Waals surface area (Å²) in [5.74, 6) is 0.138. The lowest BCUT2D eigenvalue weighted by atomic mass is 10.1. The van der Waals surface area contributed by atoms with Crippen molar-refractivity contribution in [1.29, 1.82) is 5.26 Å². The fourth-order valence-electron chi connectivity index (χ4n) is 1.70. The van der Waals surface area contributed by atoms with Gasteiger partial charge in [-0.15, -0.1) is 0 Å². The molecule has 1 rings (SSSR count). The number of nitriles is 1. The maximum Gasteiger partial charge on any atom is 0.236 e. The van der Waals surface area contributed by atoms with Gasteiger partial charge in [0, 0.05) is 19.6 Å². The highest BCUT2D eigenvalue weighted by Gasteiger charge is 2.15. The van der Waals surface area contributed by atoms with E-state index in [0.717, 1.165) is 25.9 Å². The van der Waals surface area contributed by atoms with Crippen LogP contribution in [0, 0.1) is 17.2 Å². The molecule has 84 valence electrons. The SMILES string of the molecule is CC(C#N)CNCC(=O)N1CCCCC1. The van der Waals surface area contributed by atoms with Crippen LogP contribution in [0.4, 0.5) is 0 Å². The molecule has 1 aliphatic rings. The van der Waals surface area contributed by atoms with Gasteiger partial charge in [0.15, 0.2) is 0 Å². The number of likely N-dealkylation sites (tertiary alicyclic amines) is 1. The molecule has 4 nitrogen and oxygen atoms in total. The zero-order valence-corrected chi connectivity index (χ0v) is 9.33. The second-order valence-corrected chi connectivity index (χ2v) is 4.10. The van der Waals surface area contributed by atoms with Crippen LogP contribution in [-0.2, 0) is 4.79 Å². The lowest BCUT2D eigenvalue weighted by molar-refractivity contribution is -0.131. The van der Waals surface area contributed by atoms with E-state index in [1.54, 1.807) is 0 Å². The van der Waals surface area contributed by atoms with Crippen LogP contribution in [0.3, 0.4) is 0 Å². The van der Waals surface area contributed by atoms with E-state index in [0.29, 0.717) is 13.1 Å². The quantitative estimate of drug-likeness (QED) is 0.743. The Kier molecular flexibility index (Phi) is 5.13. The highest BCUT2D eigenvalue weighted by molar-refractivity contribution is 5.78. The van der Waals surface area contributed by atoms with Gasteiger partial charge in [0.2, 0.25) is 5.91 Å². The molecule has 1 aliphatic heterocycles. The second-order valence-electron chi connectivity index (χ2n) is 4.10. The summed E-state index contributed by atoms with van der Waals surface area (Å²) in [7, 11) is 0. The van der Waals surface area contributed by atoms with Crippen LogP contribution in [0.15, 0.2) is 0 Å². The third kappa shape index (κ3) is 4.30. The van der Waals surface area contributed by atoms with E-state index in [9.17, 15) is 4.79 Å². The van der Waals surface area contributed by atoms with E-state index >= 15 is 0 Å². The standard InChI is InChI=1S/C11H19N3O/c1-10(7-12)8-13-9-11(15)14-5-3-2-4-6-14/h10,13H,2-6,8-9H2,1H3. The van der Waals surface area contributed by atoms with Crippen molar-refractivity contribution in [2.75, 3.05) is 26.2 Å². The molecule has 0 aromatic heterocycles. The first-order valence-corrected chi connectivity index (χ1v) is 5.62. The van der Waals surface area contributed by atoms with E-state index in [2.05, 4.69) is 11.4 Å². The van der Waals surface area contributed by atoms with Crippen LogP contribution in [0.5, 0.6) is 0 Å². The molecule has 1 atom stereocenters. The lowest BCUT2D eigenvalue weighted by Crippen LogP contribution is -2.41. The minimum absolute atomic E-state index is 0.0286. The summed E-state index contributed by atoms with van der Waals surface area (Å²) in [6.45, 7) is 4.60. The topological polar surface area (TPSA) is 56.1 Å². The van der Waals surface area contributed by atoms with Gasteiger partial charge in [-0.2, -0.15) is 5.26 Å². The Balaban J connectivity index is 2.15. The van der Waals surface area contributed by atoms with Crippen LogP contribution in [-0.4, -0.2) is 37.0 Å². The minimum atomic E-state index is -0.0286. The molecule has 1 N–H and O–H groups in total. The maximum absolute atomic E-state index is 11.6. The molecule has 0 saturated carbocycles. The first-order chi connectivity index (χ1) is 7.24. The molecular formula is C11H19N3O. The molecule has 1 saturated heterocycles. The number of amides is 1. The summed E-state index contributed by atoms with van der Waals surface area (Å²) in [6.07, 6.45) is 3.49. The van der Waals surface area contributed by atoms with Crippen molar-refractivity contribution in [2.45, 2.75) is 26.2 Å². The van der Waals surface area contributed by atoms with Crippen molar-refractivity contribution in [2.24, 2.45) is 5.92 Å². The number of hydrogen-bond donors (Lipinski definition) is 1. The second kappa shape index (κ2) is 6.41. The number of hydrogen-bond acceptors (Lipinski definition) is 3. The molecule has 0 aromatic rings. The Labute approximate surface area is 91.2 Å². The number of rotatable bonds is 4. The van der Waals surface area contributed by atoms with Gasteiger partial charge >= 0.3 is 0 Å². The number of nitrogens with one attached hydrogen (secondary N) is 1. The molecule has 1 unspecified atom stereocenters. The van der Waals surface area contributed by atoms with Crippen molar-refractivity contribution in [3.8, 4) is 6.07 Å². The van der Waals surface area contributed by atoms with Crippen LogP contribution >= 0.6 is 0 Å². The number of nitrogens with zero attached hydrogens (tertiary/aromatic N) is 2. The van der Waals surface area contributed by atoms with Gasteiger partial charge in [0.1, 0.15) is 0 Å². The smallest absolute Gasteiger partial charge is 0.236 e. The van der Waals surface area contributed by atoms with Gasteiger partial charge in [-0.1, -0.05) is 0 Å². The van der Waals surface area contributed by atoms with Crippen molar-refractivity contribution in [3.63, 3.8) is 0 Å². The summed E-state index contributed by atoms with van der Waals surface area (Å²) < 4.78 is 0. The predicted molar refractivity (Wildman–Crippen MR) is 58.1 cm³/mol. The van der Waals surface area contributed by atoms with Crippen LogP contribution in [0.1, 0.15) is 26.2 Å². The molecule has 1 fully saturated rings. The maximum atomic E-state index is 11.6. The van der Waals surface area contributed by atoms with Crippen LogP contribution < -0.4 is 5.32 Å². The summed E-state index contributed by atoms with van der Waals surface area (Å²) >= 11 is 0. The average Bonchev–Trinajstić information content (AvgIpc) is 2.29. The number of piperidine rings is 1. The van der Waals surface area contributed by atoms with Crippen molar-refractivity contribution < 1.29 is 4.79 Å². The first-order valence-electron chi connectivity index (χ1n) is 5.62. The van der Waals surface area contributed by atoms with Gasteiger partial charge in [-0.3, -0.25) is 4.79 Å². The minimum Gasteiger partial charge on any atom is -0.342 e. The van der Waals surface area contributed by atoms with Gasteiger partial charge < -0.3 is 10.2 Å². The lowest BCUT2D eigenvalue weighted by Gasteiger charge is -2.26. The van der Waals surface area contributed by atoms with Gasteiger partial charge in [-0.25, -0.2) is 0 Å². The third-order valence-corrected chi connectivity index (χ3v) is 2.66. The summed E-state index contributed by atoms with van der Waals surface area (Å²) in [5.41, 5.74) is 0. The molecule has 15 heavy (non-hydrogen) atoms. The highest BCUT2D eigenvalue weighted by atomic mass is 16.2. The van der Waals surface area contributed by atoms with Gasteiger partial charge in [-0.05, 0) is 26.2 Å². The van der Waals surface area contributed by atoms with Crippen molar-refractivity contribution in [3.05, 3.63) is 0 Å². The van der Waals surface area contributed by atoms with Crippen molar-refractivity contribution in [1.82, 2.24) is 10.2 Å². The molecule has 0 bridgehead atoms. The summed E-state index contributed by atoms with van der Waals surface area (Å²) in [4.78, 5) is 13.6. The Hall–Kier alpha value is -1.08. The Morgan fingerprint density at radius 1 is 1.47 bits per heavy atom. The Morgan fingerprint density at radius 2 is 2.13 bits per heavy atom. The molecule has 0 aliphatic carbocycles. The monoisotopic (exact) mass is 209 g/mol. The fourth-order valence-corrected chi connectivity index (χ4v) is 1.70. The number of carbonyl (C=O) groups is 1. The number of carbonyl (C=O) groups excluding carboxylic acids is 1. The predicted octanol–water partition coefficient (Wildman–Crippen LogP) is 0.748. The zero-order valence-electron chi connectivity index (χ0n) is 9.33. The molecule has 1 heterocycles. The van der Waals surface area contributed by atoms with Crippen LogP contribution in [0.2, 0.25) is 0 Å². The Morgan fingerprint density at radius 3 is 2.73 bits per heavy atom. The fraction of sp³-hybridized carbons (Fsp3) is 0.818.